The molecule has 0 radical (unpaired) electrons. The maximum absolute atomic E-state index is 4.23. The summed E-state index contributed by atoms with van der Waals surface area (Å²) in [5, 5.41) is 1.29. The zero-order valence-corrected chi connectivity index (χ0v) is 9.80. The SMILES string of the molecule is CN(CCCS)c1c[nH]c2ccccc12. The molecular formula is C12H16N2S. The van der Waals surface area contributed by atoms with Gasteiger partial charge in [-0.1, -0.05) is 18.2 Å². The Hall–Kier alpha value is -1.09. The van der Waals surface area contributed by atoms with Crippen molar-refractivity contribution in [2.24, 2.45) is 0 Å². The van der Waals surface area contributed by atoms with Crippen LogP contribution in [0.5, 0.6) is 0 Å². The smallest absolute Gasteiger partial charge is 0.0621 e. The van der Waals surface area contributed by atoms with Gasteiger partial charge in [0.15, 0.2) is 0 Å². The monoisotopic (exact) mass is 220 g/mol. The van der Waals surface area contributed by atoms with E-state index in [0.717, 1.165) is 18.7 Å². The highest BCUT2D eigenvalue weighted by Gasteiger charge is 2.06. The number of benzene rings is 1. The Labute approximate surface area is 95.7 Å². The van der Waals surface area contributed by atoms with Gasteiger partial charge in [-0.3, -0.25) is 0 Å². The molecule has 0 saturated carbocycles. The number of thiol groups is 1. The Balaban J connectivity index is 2.27. The second-order valence-electron chi connectivity index (χ2n) is 3.72. The van der Waals surface area contributed by atoms with Crippen LogP contribution in [0.2, 0.25) is 0 Å². The van der Waals surface area contributed by atoms with Crippen LogP contribution in [0.4, 0.5) is 5.69 Å². The predicted molar refractivity (Wildman–Crippen MR) is 70.0 cm³/mol. The minimum atomic E-state index is 0.937. The Morgan fingerprint density at radius 1 is 1.33 bits per heavy atom. The van der Waals surface area contributed by atoms with Crippen molar-refractivity contribution >= 4 is 29.2 Å². The van der Waals surface area contributed by atoms with Crippen molar-refractivity contribution in [3.63, 3.8) is 0 Å². The fraction of sp³-hybridized carbons (Fsp3) is 0.333. The van der Waals surface area contributed by atoms with E-state index in [1.807, 2.05) is 0 Å². The molecule has 3 heteroatoms. The molecule has 0 aliphatic heterocycles. The highest BCUT2D eigenvalue weighted by Crippen LogP contribution is 2.25. The van der Waals surface area contributed by atoms with E-state index < -0.39 is 0 Å². The van der Waals surface area contributed by atoms with E-state index in [0.29, 0.717) is 0 Å². The van der Waals surface area contributed by atoms with Gasteiger partial charge in [0.05, 0.1) is 5.69 Å². The molecule has 0 unspecified atom stereocenters. The first kappa shape index (κ1) is 10.4. The van der Waals surface area contributed by atoms with Gasteiger partial charge in [-0.25, -0.2) is 0 Å². The van der Waals surface area contributed by atoms with E-state index in [2.05, 4.69) is 60.0 Å². The van der Waals surface area contributed by atoms with E-state index >= 15 is 0 Å². The van der Waals surface area contributed by atoms with E-state index in [4.69, 9.17) is 0 Å². The third kappa shape index (κ3) is 2.12. The van der Waals surface area contributed by atoms with Gasteiger partial charge in [0.25, 0.3) is 0 Å². The lowest BCUT2D eigenvalue weighted by atomic mass is 10.2. The molecule has 0 bridgehead atoms. The number of fused-ring (bicyclic) bond motifs is 1. The maximum atomic E-state index is 4.23. The molecule has 0 fully saturated rings. The van der Waals surface area contributed by atoms with Crippen molar-refractivity contribution in [3.8, 4) is 0 Å². The van der Waals surface area contributed by atoms with Crippen LogP contribution in [0.15, 0.2) is 30.5 Å². The quantitative estimate of drug-likeness (QED) is 0.759. The van der Waals surface area contributed by atoms with E-state index in [9.17, 15) is 0 Å². The van der Waals surface area contributed by atoms with Crippen LogP contribution in [0.25, 0.3) is 10.9 Å². The minimum Gasteiger partial charge on any atom is -0.373 e. The predicted octanol–water partition coefficient (Wildman–Crippen LogP) is 2.92. The van der Waals surface area contributed by atoms with Crippen molar-refractivity contribution in [1.82, 2.24) is 4.98 Å². The van der Waals surface area contributed by atoms with Gasteiger partial charge in [0, 0.05) is 30.7 Å². The average Bonchev–Trinajstić information content (AvgIpc) is 2.69. The molecule has 1 N–H and O–H groups in total. The first-order valence-electron chi connectivity index (χ1n) is 5.21. The van der Waals surface area contributed by atoms with Crippen molar-refractivity contribution < 1.29 is 0 Å². The van der Waals surface area contributed by atoms with Crippen LogP contribution in [0.3, 0.4) is 0 Å². The molecule has 80 valence electrons. The molecule has 2 rings (SSSR count). The van der Waals surface area contributed by atoms with Crippen LogP contribution >= 0.6 is 12.6 Å². The van der Waals surface area contributed by atoms with Crippen molar-refractivity contribution in [2.75, 3.05) is 24.2 Å². The lowest BCUT2D eigenvalue weighted by molar-refractivity contribution is 0.864. The zero-order valence-electron chi connectivity index (χ0n) is 8.90. The van der Waals surface area contributed by atoms with Crippen molar-refractivity contribution in [1.29, 1.82) is 0 Å². The van der Waals surface area contributed by atoms with Gasteiger partial charge in [-0.15, -0.1) is 0 Å². The molecule has 0 aliphatic rings. The van der Waals surface area contributed by atoms with Crippen molar-refractivity contribution in [2.45, 2.75) is 6.42 Å². The molecule has 1 aromatic carbocycles. The standard InChI is InChI=1S/C12H16N2S/c1-14(7-4-8-15)12-9-13-11-6-3-2-5-10(11)12/h2-3,5-6,9,13,15H,4,7-8H2,1H3. The lowest BCUT2D eigenvalue weighted by Gasteiger charge is -2.17. The summed E-state index contributed by atoms with van der Waals surface area (Å²) in [6, 6.07) is 8.38. The summed E-state index contributed by atoms with van der Waals surface area (Å²) in [6.07, 6.45) is 3.18. The number of nitrogens with zero attached hydrogens (tertiary/aromatic N) is 1. The van der Waals surface area contributed by atoms with E-state index in [-0.39, 0.29) is 0 Å². The second kappa shape index (κ2) is 4.62. The number of nitrogens with one attached hydrogen (secondary N) is 1. The Kier molecular flexibility index (Phi) is 3.21. The first-order chi connectivity index (χ1) is 7.33. The summed E-state index contributed by atoms with van der Waals surface area (Å²) in [5.41, 5.74) is 2.47. The second-order valence-corrected chi connectivity index (χ2v) is 4.17. The zero-order chi connectivity index (χ0) is 10.7. The molecule has 1 heterocycles. The van der Waals surface area contributed by atoms with E-state index in [1.165, 1.54) is 16.6 Å². The number of para-hydroxylation sites is 1. The molecule has 2 aromatic rings. The molecule has 0 spiro atoms. The Morgan fingerprint density at radius 2 is 2.13 bits per heavy atom. The van der Waals surface area contributed by atoms with Gasteiger partial charge >= 0.3 is 0 Å². The molecule has 0 atom stereocenters. The van der Waals surface area contributed by atoms with Crippen molar-refractivity contribution in [3.05, 3.63) is 30.5 Å². The summed E-state index contributed by atoms with van der Waals surface area (Å²) in [7, 11) is 2.12. The number of hydrogen-bond acceptors (Lipinski definition) is 2. The largest absolute Gasteiger partial charge is 0.373 e. The maximum Gasteiger partial charge on any atom is 0.0621 e. The molecule has 0 amide bonds. The Morgan fingerprint density at radius 3 is 2.93 bits per heavy atom. The number of H-pyrrole nitrogens is 1. The molecule has 0 aliphatic carbocycles. The number of aromatic amines is 1. The molecular weight excluding hydrogens is 204 g/mol. The molecule has 0 saturated heterocycles. The normalized spacial score (nSPS) is 10.8. The van der Waals surface area contributed by atoms with Gasteiger partial charge in [-0.05, 0) is 18.2 Å². The van der Waals surface area contributed by atoms with Gasteiger partial charge in [0.2, 0.25) is 0 Å². The third-order valence-electron chi connectivity index (χ3n) is 2.63. The highest BCUT2D eigenvalue weighted by molar-refractivity contribution is 7.80. The van der Waals surface area contributed by atoms with Crippen LogP contribution in [-0.2, 0) is 0 Å². The Bertz CT molecular complexity index is 436. The number of rotatable bonds is 4. The summed E-state index contributed by atoms with van der Waals surface area (Å²) < 4.78 is 0. The fourth-order valence-corrected chi connectivity index (χ4v) is 1.94. The summed E-state index contributed by atoms with van der Waals surface area (Å²) >= 11 is 4.23. The topological polar surface area (TPSA) is 19.0 Å². The molecule has 1 aromatic heterocycles. The lowest BCUT2D eigenvalue weighted by Crippen LogP contribution is -2.18. The first-order valence-corrected chi connectivity index (χ1v) is 5.84. The number of aromatic nitrogens is 1. The van der Waals surface area contributed by atoms with Crippen LogP contribution in [-0.4, -0.2) is 24.3 Å². The fourth-order valence-electron chi connectivity index (χ4n) is 1.80. The molecule has 2 nitrogen and oxygen atoms in total. The number of anilines is 1. The third-order valence-corrected chi connectivity index (χ3v) is 2.95. The van der Waals surface area contributed by atoms with Gasteiger partial charge < -0.3 is 9.88 Å². The summed E-state index contributed by atoms with van der Waals surface area (Å²) in [6.45, 7) is 1.05. The van der Waals surface area contributed by atoms with Gasteiger partial charge in [0.1, 0.15) is 0 Å². The minimum absolute atomic E-state index is 0.937. The summed E-state index contributed by atoms with van der Waals surface area (Å²) in [4.78, 5) is 5.56. The highest BCUT2D eigenvalue weighted by atomic mass is 32.1. The van der Waals surface area contributed by atoms with Gasteiger partial charge in [-0.2, -0.15) is 12.6 Å². The van der Waals surface area contributed by atoms with Crippen LogP contribution in [0.1, 0.15) is 6.42 Å². The molecule has 15 heavy (non-hydrogen) atoms. The average molecular weight is 220 g/mol. The summed E-state index contributed by atoms with van der Waals surface area (Å²) in [5.74, 6) is 0.937. The number of hydrogen-bond donors (Lipinski definition) is 2. The van der Waals surface area contributed by atoms with Crippen LogP contribution in [0, 0.1) is 0 Å². The van der Waals surface area contributed by atoms with E-state index in [1.54, 1.807) is 0 Å². The van der Waals surface area contributed by atoms with Crippen LogP contribution < -0.4 is 4.90 Å².